The Morgan fingerprint density at radius 3 is 2.67 bits per heavy atom. The molecule has 4 heteroatoms. The molecule has 1 saturated carbocycles. The highest BCUT2D eigenvalue weighted by atomic mass is 16.3. The summed E-state index contributed by atoms with van der Waals surface area (Å²) in [5, 5.41) is 3.39. The Kier molecular flexibility index (Phi) is 2.61. The lowest BCUT2D eigenvalue weighted by Gasteiger charge is -2.33. The van der Waals surface area contributed by atoms with E-state index in [-0.39, 0.29) is 12.1 Å². The van der Waals surface area contributed by atoms with Gasteiger partial charge < -0.3 is 14.6 Å². The Bertz CT molecular complexity index is 706. The third-order valence-corrected chi connectivity index (χ3v) is 4.55. The number of nitrogens with zero attached hydrogens (tertiary/aromatic N) is 1. The maximum Gasteiger partial charge on any atom is 0.257 e. The zero-order valence-electron chi connectivity index (χ0n) is 12.2. The number of fused-ring (bicyclic) bond motifs is 1. The summed E-state index contributed by atoms with van der Waals surface area (Å²) in [6.07, 6.45) is 0.957. The molecule has 1 aromatic carbocycles. The van der Waals surface area contributed by atoms with E-state index in [2.05, 4.69) is 12.2 Å². The van der Waals surface area contributed by atoms with Crippen molar-refractivity contribution in [3.8, 4) is 0 Å². The van der Waals surface area contributed by atoms with E-state index in [0.717, 1.165) is 17.2 Å². The van der Waals surface area contributed by atoms with Crippen LogP contribution in [0.3, 0.4) is 0 Å². The van der Waals surface area contributed by atoms with Crippen molar-refractivity contribution < 1.29 is 9.21 Å². The largest absolute Gasteiger partial charge is 0.462 e. The Morgan fingerprint density at radius 2 is 1.90 bits per heavy atom. The maximum absolute atomic E-state index is 12.4. The van der Waals surface area contributed by atoms with Crippen LogP contribution in [-0.2, 0) is 0 Å². The van der Waals surface area contributed by atoms with Gasteiger partial charge in [0.1, 0.15) is 11.5 Å². The van der Waals surface area contributed by atoms with Gasteiger partial charge in [0.25, 0.3) is 5.91 Å². The lowest BCUT2D eigenvalue weighted by atomic mass is 10.1. The van der Waals surface area contributed by atoms with Crippen molar-refractivity contribution in [3.05, 3.63) is 53.5 Å². The molecule has 4 nitrogen and oxygen atoms in total. The van der Waals surface area contributed by atoms with Crippen molar-refractivity contribution in [2.45, 2.75) is 25.4 Å². The lowest BCUT2D eigenvalue weighted by Crippen LogP contribution is -2.39. The van der Waals surface area contributed by atoms with Gasteiger partial charge in [-0.05, 0) is 36.6 Å². The van der Waals surface area contributed by atoms with Gasteiger partial charge in [-0.2, -0.15) is 0 Å². The van der Waals surface area contributed by atoms with Gasteiger partial charge in [-0.15, -0.1) is 0 Å². The van der Waals surface area contributed by atoms with E-state index in [9.17, 15) is 4.79 Å². The SMILES string of the molecule is C[C@@H]1C[C@H]1c1ccc([C@@H]2Nc3ccccc3C(=O)N2C)o1. The zero-order chi connectivity index (χ0) is 14.6. The predicted molar refractivity (Wildman–Crippen MR) is 80.1 cm³/mol. The van der Waals surface area contributed by atoms with Crippen molar-refractivity contribution in [1.29, 1.82) is 0 Å². The van der Waals surface area contributed by atoms with Crippen molar-refractivity contribution in [3.63, 3.8) is 0 Å². The average Bonchev–Trinajstić information content (AvgIpc) is 3.03. The second kappa shape index (κ2) is 4.38. The number of amides is 1. The molecular weight excluding hydrogens is 264 g/mol. The molecule has 0 bridgehead atoms. The molecule has 108 valence electrons. The van der Waals surface area contributed by atoms with Gasteiger partial charge in [0.15, 0.2) is 6.17 Å². The number of furan rings is 1. The first-order chi connectivity index (χ1) is 10.1. The number of carbonyl (C=O) groups excluding carboxylic acids is 1. The van der Waals surface area contributed by atoms with Gasteiger partial charge >= 0.3 is 0 Å². The first-order valence-corrected chi connectivity index (χ1v) is 7.37. The molecule has 0 unspecified atom stereocenters. The first kappa shape index (κ1) is 12.5. The minimum Gasteiger partial charge on any atom is -0.462 e. The fraction of sp³-hybridized carbons (Fsp3) is 0.353. The van der Waals surface area contributed by atoms with Crippen molar-refractivity contribution in [2.24, 2.45) is 5.92 Å². The molecule has 1 amide bonds. The van der Waals surface area contributed by atoms with Crippen LogP contribution in [0.5, 0.6) is 0 Å². The Labute approximate surface area is 123 Å². The molecule has 21 heavy (non-hydrogen) atoms. The van der Waals surface area contributed by atoms with Gasteiger partial charge in [0, 0.05) is 18.7 Å². The van der Waals surface area contributed by atoms with Crippen LogP contribution in [0.4, 0.5) is 5.69 Å². The Hall–Kier alpha value is -2.23. The number of hydrogen-bond acceptors (Lipinski definition) is 3. The first-order valence-electron chi connectivity index (χ1n) is 7.37. The van der Waals surface area contributed by atoms with Crippen molar-refractivity contribution in [2.75, 3.05) is 12.4 Å². The predicted octanol–water partition coefficient (Wildman–Crippen LogP) is 3.60. The number of nitrogens with one attached hydrogen (secondary N) is 1. The van der Waals surface area contributed by atoms with Crippen LogP contribution in [0, 0.1) is 5.92 Å². The van der Waals surface area contributed by atoms with E-state index >= 15 is 0 Å². The van der Waals surface area contributed by atoms with Crippen LogP contribution in [-0.4, -0.2) is 17.9 Å². The molecule has 3 atom stereocenters. The highest BCUT2D eigenvalue weighted by Crippen LogP contribution is 2.48. The Balaban J connectivity index is 1.66. The van der Waals surface area contributed by atoms with E-state index in [0.29, 0.717) is 17.4 Å². The van der Waals surface area contributed by atoms with Crippen LogP contribution in [0.25, 0.3) is 0 Å². The highest BCUT2D eigenvalue weighted by molar-refractivity contribution is 6.01. The molecule has 0 spiro atoms. The molecule has 2 heterocycles. The van der Waals surface area contributed by atoms with E-state index < -0.39 is 0 Å². The van der Waals surface area contributed by atoms with Crippen LogP contribution in [0.1, 0.15) is 47.3 Å². The summed E-state index contributed by atoms with van der Waals surface area (Å²) in [5.41, 5.74) is 1.57. The summed E-state index contributed by atoms with van der Waals surface area (Å²) < 4.78 is 5.99. The molecule has 1 aromatic heterocycles. The maximum atomic E-state index is 12.4. The number of hydrogen-bond donors (Lipinski definition) is 1. The van der Waals surface area contributed by atoms with Gasteiger partial charge in [0.2, 0.25) is 0 Å². The third-order valence-electron chi connectivity index (χ3n) is 4.55. The summed E-state index contributed by atoms with van der Waals surface area (Å²) in [7, 11) is 1.80. The molecule has 2 aromatic rings. The second-order valence-electron chi connectivity index (χ2n) is 6.07. The normalized spacial score (nSPS) is 27.2. The standard InChI is InChI=1S/C17H18N2O2/c1-10-9-12(10)14-7-8-15(21-14)16-18-13-6-4-3-5-11(13)17(20)19(16)2/h3-8,10,12,16,18H,9H2,1-2H3/t10-,12-,16-/m1/s1. The van der Waals surface area contributed by atoms with Crippen LogP contribution < -0.4 is 5.32 Å². The summed E-state index contributed by atoms with van der Waals surface area (Å²) in [6, 6.07) is 11.6. The summed E-state index contributed by atoms with van der Waals surface area (Å²) in [6.45, 7) is 2.23. The summed E-state index contributed by atoms with van der Waals surface area (Å²) in [5.74, 6) is 3.12. The second-order valence-corrected chi connectivity index (χ2v) is 6.07. The Morgan fingerprint density at radius 1 is 1.19 bits per heavy atom. The average molecular weight is 282 g/mol. The van der Waals surface area contributed by atoms with Crippen molar-refractivity contribution in [1.82, 2.24) is 4.90 Å². The fourth-order valence-corrected chi connectivity index (χ4v) is 3.04. The summed E-state index contributed by atoms with van der Waals surface area (Å²) >= 11 is 0. The number of rotatable bonds is 2. The van der Waals surface area contributed by atoms with Gasteiger partial charge in [0.05, 0.1) is 5.56 Å². The number of carbonyl (C=O) groups is 1. The molecule has 4 rings (SSSR count). The highest BCUT2D eigenvalue weighted by Gasteiger charge is 2.38. The lowest BCUT2D eigenvalue weighted by molar-refractivity contribution is 0.0718. The molecule has 2 aliphatic rings. The molecule has 0 radical (unpaired) electrons. The van der Waals surface area contributed by atoms with Crippen LogP contribution in [0.2, 0.25) is 0 Å². The smallest absolute Gasteiger partial charge is 0.257 e. The minimum atomic E-state index is -0.241. The quantitative estimate of drug-likeness (QED) is 0.915. The van der Waals surface area contributed by atoms with E-state index in [1.807, 2.05) is 36.4 Å². The van der Waals surface area contributed by atoms with Crippen molar-refractivity contribution >= 4 is 11.6 Å². The number of anilines is 1. The molecule has 1 fully saturated rings. The number of benzene rings is 1. The minimum absolute atomic E-state index is 0.0205. The van der Waals surface area contributed by atoms with Crippen LogP contribution in [0.15, 0.2) is 40.8 Å². The molecule has 1 aliphatic heterocycles. The van der Waals surface area contributed by atoms with E-state index in [1.54, 1.807) is 11.9 Å². The van der Waals surface area contributed by atoms with Crippen LogP contribution >= 0.6 is 0 Å². The summed E-state index contributed by atoms with van der Waals surface area (Å²) in [4.78, 5) is 14.1. The molecule has 1 N–H and O–H groups in total. The van der Waals surface area contributed by atoms with E-state index in [1.165, 1.54) is 6.42 Å². The van der Waals surface area contributed by atoms with E-state index in [4.69, 9.17) is 4.42 Å². The van der Waals surface area contributed by atoms with Gasteiger partial charge in [-0.1, -0.05) is 19.1 Å². The van der Waals surface area contributed by atoms with Gasteiger partial charge in [-0.3, -0.25) is 4.79 Å². The molecular formula is C17H18N2O2. The topological polar surface area (TPSA) is 45.5 Å². The monoisotopic (exact) mass is 282 g/mol. The fourth-order valence-electron chi connectivity index (χ4n) is 3.04. The number of para-hydroxylation sites is 1. The zero-order valence-corrected chi connectivity index (χ0v) is 12.2. The third kappa shape index (κ3) is 1.94. The van der Waals surface area contributed by atoms with Gasteiger partial charge in [-0.25, -0.2) is 0 Å². The molecule has 0 saturated heterocycles. The molecule has 1 aliphatic carbocycles.